The third-order valence-corrected chi connectivity index (χ3v) is 2.16. The molecule has 1 aromatic rings. The summed E-state index contributed by atoms with van der Waals surface area (Å²) < 4.78 is 30.0. The van der Waals surface area contributed by atoms with E-state index in [9.17, 15) is 14.7 Å². The molecule has 0 spiro atoms. The zero-order chi connectivity index (χ0) is 16.3. The minimum atomic E-state index is -1.65. The number of alkyl halides is 1. The minimum absolute atomic E-state index is 0.154. The fourth-order valence-electron chi connectivity index (χ4n) is 0.997. The molecule has 1 rings (SSSR count). The third-order valence-electron chi connectivity index (χ3n) is 1.80. The summed E-state index contributed by atoms with van der Waals surface area (Å²) in [6.07, 6.45) is -1.06. The van der Waals surface area contributed by atoms with Gasteiger partial charge in [-0.25, -0.2) is 4.79 Å². The van der Waals surface area contributed by atoms with Crippen molar-refractivity contribution in [2.75, 3.05) is 12.4 Å². The first-order valence-electron chi connectivity index (χ1n) is 6.58. The second kappa shape index (κ2) is 6.22. The lowest BCUT2D eigenvalue weighted by molar-refractivity contribution is 0.0690. The quantitative estimate of drug-likeness (QED) is 0.682. The number of amides is 1. The molecule has 92 valence electrons. The van der Waals surface area contributed by atoms with E-state index in [0.717, 1.165) is 0 Å². The van der Waals surface area contributed by atoms with Crippen LogP contribution in [0.5, 0.6) is 0 Å². The van der Waals surface area contributed by atoms with Gasteiger partial charge in [-0.1, -0.05) is 12.1 Å². The van der Waals surface area contributed by atoms with E-state index in [-0.39, 0.29) is 12.4 Å². The second-order valence-corrected chi connectivity index (χ2v) is 3.38. The Morgan fingerprint density at radius 2 is 2.00 bits per heavy atom. The number of carbonyl (C=O) groups excluding carboxylic acids is 1. The van der Waals surface area contributed by atoms with Crippen LogP contribution in [-0.4, -0.2) is 40.6 Å². The van der Waals surface area contributed by atoms with Gasteiger partial charge in [-0.2, -0.15) is 0 Å². The Morgan fingerprint density at radius 1 is 1.41 bits per heavy atom. The Hall–Kier alpha value is -1.59. The maximum absolute atomic E-state index is 12.0. The van der Waals surface area contributed by atoms with Gasteiger partial charge in [-0.05, 0) is 12.1 Å². The molecule has 1 atom stereocenters. The number of rotatable bonds is 5. The normalized spacial score (nSPS) is 15.2. The zero-order valence-electron chi connectivity index (χ0n) is 12.6. The lowest BCUT2D eigenvalue weighted by Crippen LogP contribution is -2.33. The average molecular weight is 262 g/mol. The van der Waals surface area contributed by atoms with Crippen LogP contribution in [0.1, 0.15) is 26.2 Å². The predicted molar refractivity (Wildman–Crippen MR) is 62.5 cm³/mol. The lowest BCUT2D eigenvalue weighted by Gasteiger charge is -2.10. The molecule has 0 fully saturated rings. The first-order valence-corrected chi connectivity index (χ1v) is 5.11. The summed E-state index contributed by atoms with van der Waals surface area (Å²) in [4.78, 5) is 23.1. The van der Waals surface area contributed by atoms with E-state index >= 15 is 0 Å². The Labute approximate surface area is 109 Å². The molecule has 0 saturated carbocycles. The monoisotopic (exact) mass is 261 g/mol. The molecule has 3 N–H and O–H groups in total. The number of hydrogen-bond acceptors (Lipinski definition) is 3. The number of hydrogen-bond donors (Lipinski definition) is 3. The number of aliphatic hydroxyl groups is 1. The number of halogens is 1. The van der Waals surface area contributed by atoms with Gasteiger partial charge in [0, 0.05) is 6.54 Å². The van der Waals surface area contributed by atoms with Crippen molar-refractivity contribution in [2.45, 2.75) is 6.10 Å². The molecular weight excluding hydrogens is 246 g/mol. The van der Waals surface area contributed by atoms with E-state index in [1.54, 1.807) is 0 Å². The summed E-state index contributed by atoms with van der Waals surface area (Å²) in [5, 5.41) is 20.5. The van der Waals surface area contributed by atoms with Crippen LogP contribution in [0.2, 0.25) is 0 Å². The van der Waals surface area contributed by atoms with Gasteiger partial charge in [0.1, 0.15) is 0 Å². The number of benzene rings is 1. The highest BCUT2D eigenvalue weighted by Crippen LogP contribution is 2.08. The van der Waals surface area contributed by atoms with Crippen molar-refractivity contribution in [2.24, 2.45) is 0 Å². The third kappa shape index (κ3) is 3.72. The van der Waals surface area contributed by atoms with E-state index in [4.69, 9.17) is 22.2 Å². The smallest absolute Gasteiger partial charge is 0.336 e. The molecule has 0 bridgehead atoms. The SMILES string of the molecule is [2H]c1c([2H])c([2H])c(C(=O)NC[C@H](O)CCl)c(C(=O)O)c1[2H]. The summed E-state index contributed by atoms with van der Waals surface area (Å²) in [6.45, 7) is -0.274. The van der Waals surface area contributed by atoms with Crippen LogP contribution in [0.3, 0.4) is 0 Å². The summed E-state index contributed by atoms with van der Waals surface area (Å²) in [5.74, 6) is -2.83. The molecule has 0 aliphatic heterocycles. The molecule has 17 heavy (non-hydrogen) atoms. The predicted octanol–water partition coefficient (Wildman–Crippen LogP) is 0.714. The first kappa shape index (κ1) is 8.49. The molecule has 0 saturated heterocycles. The lowest BCUT2D eigenvalue weighted by atomic mass is 10.1. The van der Waals surface area contributed by atoms with Crippen molar-refractivity contribution in [3.8, 4) is 0 Å². The highest BCUT2D eigenvalue weighted by molar-refractivity contribution is 6.18. The van der Waals surface area contributed by atoms with Crippen molar-refractivity contribution >= 4 is 23.5 Å². The standard InChI is InChI=1S/C11H12ClNO4/c12-5-7(14)6-13-10(15)8-3-1-2-4-9(8)11(16)17/h1-4,7,14H,5-6H2,(H,13,15)(H,16,17)/t7-/m1/s1/i1D,2D,3D,4D. The van der Waals surface area contributed by atoms with Gasteiger partial charge >= 0.3 is 5.97 Å². The number of carboxylic acid groups (broad SMARTS) is 1. The summed E-state index contributed by atoms with van der Waals surface area (Å²) >= 11 is 5.35. The summed E-state index contributed by atoms with van der Waals surface area (Å²) in [6, 6.07) is -3.03. The Morgan fingerprint density at radius 3 is 2.53 bits per heavy atom. The molecule has 0 radical (unpaired) electrons. The molecule has 1 aromatic carbocycles. The molecule has 6 heteroatoms. The first-order chi connectivity index (χ1) is 9.72. The summed E-state index contributed by atoms with van der Waals surface area (Å²) in [7, 11) is 0. The maximum atomic E-state index is 12.0. The van der Waals surface area contributed by atoms with Gasteiger partial charge in [0.2, 0.25) is 0 Å². The van der Waals surface area contributed by atoms with Crippen LogP contribution in [-0.2, 0) is 0 Å². The van der Waals surface area contributed by atoms with E-state index in [0.29, 0.717) is 0 Å². The topological polar surface area (TPSA) is 86.6 Å². The maximum Gasteiger partial charge on any atom is 0.336 e. The molecule has 1 amide bonds. The van der Waals surface area contributed by atoms with Crippen molar-refractivity contribution in [1.82, 2.24) is 5.32 Å². The number of carbonyl (C=O) groups is 2. The largest absolute Gasteiger partial charge is 0.478 e. The van der Waals surface area contributed by atoms with Crippen LogP contribution >= 0.6 is 11.6 Å². The van der Waals surface area contributed by atoms with Crippen LogP contribution in [0.25, 0.3) is 0 Å². The second-order valence-electron chi connectivity index (χ2n) is 3.07. The average Bonchev–Trinajstić information content (AvgIpc) is 2.45. The molecule has 0 aliphatic carbocycles. The van der Waals surface area contributed by atoms with E-state index in [2.05, 4.69) is 5.32 Å². The molecule has 0 aliphatic rings. The number of aliphatic hydroxyl groups excluding tert-OH is 1. The van der Waals surface area contributed by atoms with Gasteiger partial charge in [-0.15, -0.1) is 11.6 Å². The highest BCUT2D eigenvalue weighted by Gasteiger charge is 2.16. The number of aromatic carboxylic acids is 1. The van der Waals surface area contributed by atoms with Crippen molar-refractivity contribution in [3.05, 3.63) is 35.3 Å². The van der Waals surface area contributed by atoms with Crippen molar-refractivity contribution < 1.29 is 25.3 Å². The molecule has 0 unspecified atom stereocenters. The van der Waals surface area contributed by atoms with Crippen molar-refractivity contribution in [1.29, 1.82) is 0 Å². The minimum Gasteiger partial charge on any atom is -0.478 e. The van der Waals surface area contributed by atoms with Gasteiger partial charge in [0.25, 0.3) is 5.91 Å². The summed E-state index contributed by atoms with van der Waals surface area (Å²) in [5.41, 5.74) is -1.51. The molecular formula is C11H12ClNO4. The van der Waals surface area contributed by atoms with Crippen LogP contribution in [0.15, 0.2) is 24.2 Å². The van der Waals surface area contributed by atoms with Gasteiger partial charge in [-0.3, -0.25) is 4.79 Å². The van der Waals surface area contributed by atoms with Crippen molar-refractivity contribution in [3.63, 3.8) is 0 Å². The van der Waals surface area contributed by atoms with Crippen LogP contribution < -0.4 is 5.32 Å². The van der Waals surface area contributed by atoms with E-state index in [1.807, 2.05) is 0 Å². The van der Waals surface area contributed by atoms with Crippen LogP contribution in [0, 0.1) is 0 Å². The van der Waals surface area contributed by atoms with E-state index < -0.39 is 53.3 Å². The molecule has 5 nitrogen and oxygen atoms in total. The zero-order valence-corrected chi connectivity index (χ0v) is 9.34. The Balaban J connectivity index is 3.34. The van der Waals surface area contributed by atoms with Gasteiger partial charge < -0.3 is 15.5 Å². The highest BCUT2D eigenvalue weighted by atomic mass is 35.5. The fraction of sp³-hybridized carbons (Fsp3) is 0.273. The van der Waals surface area contributed by atoms with Gasteiger partial charge in [0.15, 0.2) is 0 Å². The number of nitrogens with one attached hydrogen (secondary N) is 1. The van der Waals surface area contributed by atoms with E-state index in [1.165, 1.54) is 0 Å². The molecule has 0 heterocycles. The Bertz CT molecular complexity index is 596. The fourth-order valence-corrected chi connectivity index (χ4v) is 1.11. The van der Waals surface area contributed by atoms with Gasteiger partial charge in [0.05, 0.1) is 28.6 Å². The molecule has 0 aromatic heterocycles. The number of carboxylic acids is 1. The Kier molecular flexibility index (Phi) is 3.11. The van der Waals surface area contributed by atoms with Crippen LogP contribution in [0.4, 0.5) is 0 Å².